The van der Waals surface area contributed by atoms with Gasteiger partial charge in [-0.25, -0.2) is 4.68 Å². The Morgan fingerprint density at radius 1 is 1.45 bits per heavy atom. The van der Waals surface area contributed by atoms with Crippen LogP contribution in [0.2, 0.25) is 0 Å². The Balaban J connectivity index is 1.87. The zero-order chi connectivity index (χ0) is 14.2. The van der Waals surface area contributed by atoms with Crippen LogP contribution >= 0.6 is 11.8 Å². The molecule has 0 aliphatic heterocycles. The van der Waals surface area contributed by atoms with Gasteiger partial charge in [0.25, 0.3) is 0 Å². The summed E-state index contributed by atoms with van der Waals surface area (Å²) in [6.45, 7) is 3.91. The van der Waals surface area contributed by atoms with E-state index >= 15 is 0 Å². The van der Waals surface area contributed by atoms with Gasteiger partial charge in [-0.05, 0) is 36.2 Å². The van der Waals surface area contributed by atoms with Crippen LogP contribution in [0.3, 0.4) is 0 Å². The van der Waals surface area contributed by atoms with Crippen LogP contribution in [0.5, 0.6) is 0 Å². The number of hydrogen-bond acceptors (Lipinski definition) is 6. The fourth-order valence-corrected chi connectivity index (χ4v) is 3.53. The monoisotopic (exact) mass is 299 g/mol. The molecule has 0 spiro atoms. The first-order valence-electron chi connectivity index (χ1n) is 7.48. The summed E-state index contributed by atoms with van der Waals surface area (Å²) < 4.78 is 7.28. The molecule has 1 heterocycles. The third-order valence-corrected chi connectivity index (χ3v) is 4.69. The molecule has 1 aromatic heterocycles. The summed E-state index contributed by atoms with van der Waals surface area (Å²) >= 11 is 1.72. The van der Waals surface area contributed by atoms with Gasteiger partial charge in [-0.2, -0.15) is 0 Å². The summed E-state index contributed by atoms with van der Waals surface area (Å²) in [5.74, 6) is 0.931. The molecule has 0 amide bonds. The number of methoxy groups -OCH3 is 1. The van der Waals surface area contributed by atoms with E-state index in [2.05, 4.69) is 27.8 Å². The van der Waals surface area contributed by atoms with Gasteiger partial charge in [0.15, 0.2) is 0 Å². The van der Waals surface area contributed by atoms with Crippen molar-refractivity contribution in [2.45, 2.75) is 56.3 Å². The molecule has 1 aliphatic carbocycles. The average molecular weight is 299 g/mol. The van der Waals surface area contributed by atoms with Crippen LogP contribution < -0.4 is 5.32 Å². The van der Waals surface area contributed by atoms with Crippen LogP contribution in [-0.2, 0) is 4.74 Å². The quantitative estimate of drug-likeness (QED) is 0.703. The van der Waals surface area contributed by atoms with Crippen molar-refractivity contribution in [3.05, 3.63) is 0 Å². The molecule has 1 atom stereocenters. The van der Waals surface area contributed by atoms with Crippen LogP contribution in [0.25, 0.3) is 0 Å². The number of ether oxygens (including phenoxy) is 1. The molecule has 0 aromatic carbocycles. The molecule has 1 aromatic rings. The molecule has 0 radical (unpaired) electrons. The Hall–Kier alpha value is -0.660. The molecule has 2 rings (SSSR count). The van der Waals surface area contributed by atoms with E-state index in [-0.39, 0.29) is 0 Å². The predicted octanol–water partition coefficient (Wildman–Crippen LogP) is 1.89. The molecular weight excluding hydrogens is 274 g/mol. The first-order valence-corrected chi connectivity index (χ1v) is 8.46. The van der Waals surface area contributed by atoms with E-state index in [1.807, 2.05) is 4.68 Å². The summed E-state index contributed by atoms with van der Waals surface area (Å²) in [7, 11) is 1.74. The van der Waals surface area contributed by atoms with Gasteiger partial charge in [0, 0.05) is 18.9 Å². The predicted molar refractivity (Wildman–Crippen MR) is 80.0 cm³/mol. The average Bonchev–Trinajstić information content (AvgIpc) is 3.11. The fourth-order valence-electron chi connectivity index (χ4n) is 2.55. The lowest BCUT2D eigenvalue weighted by molar-refractivity contribution is 0.174. The zero-order valence-corrected chi connectivity index (χ0v) is 13.2. The molecule has 0 bridgehead atoms. The summed E-state index contributed by atoms with van der Waals surface area (Å²) in [4.78, 5) is 0. The van der Waals surface area contributed by atoms with Crippen molar-refractivity contribution in [2.75, 3.05) is 26.0 Å². The molecule has 1 aliphatic rings. The van der Waals surface area contributed by atoms with Crippen molar-refractivity contribution in [1.29, 1.82) is 0 Å². The van der Waals surface area contributed by atoms with E-state index in [1.165, 1.54) is 25.7 Å². The molecule has 1 unspecified atom stereocenters. The Kier molecular flexibility index (Phi) is 6.75. The molecule has 7 heteroatoms. The minimum absolute atomic E-state index is 0.346. The topological polar surface area (TPSA) is 64.9 Å². The van der Waals surface area contributed by atoms with Crippen LogP contribution in [0.15, 0.2) is 5.16 Å². The SMILES string of the molecule is CCCNC(COC)CSc1nnnn1C1CCCC1. The first-order chi connectivity index (χ1) is 9.85. The number of thioether (sulfide) groups is 1. The number of tetrazole rings is 1. The maximum Gasteiger partial charge on any atom is 0.209 e. The lowest BCUT2D eigenvalue weighted by atomic mass is 10.3. The van der Waals surface area contributed by atoms with Crippen LogP contribution in [0.1, 0.15) is 45.1 Å². The van der Waals surface area contributed by atoms with Gasteiger partial charge in [0.05, 0.1) is 12.6 Å². The Bertz CT molecular complexity index is 381. The van der Waals surface area contributed by atoms with Crippen molar-refractivity contribution < 1.29 is 4.74 Å². The van der Waals surface area contributed by atoms with Crippen molar-refractivity contribution in [3.8, 4) is 0 Å². The highest BCUT2D eigenvalue weighted by atomic mass is 32.2. The normalized spacial score (nSPS) is 17.7. The van der Waals surface area contributed by atoms with Gasteiger partial charge in [-0.3, -0.25) is 0 Å². The maximum absolute atomic E-state index is 5.27. The van der Waals surface area contributed by atoms with Gasteiger partial charge in [-0.1, -0.05) is 31.5 Å². The van der Waals surface area contributed by atoms with Crippen LogP contribution in [0.4, 0.5) is 0 Å². The van der Waals surface area contributed by atoms with E-state index in [1.54, 1.807) is 18.9 Å². The van der Waals surface area contributed by atoms with E-state index in [0.29, 0.717) is 12.1 Å². The minimum Gasteiger partial charge on any atom is -0.383 e. The first kappa shape index (κ1) is 15.7. The Morgan fingerprint density at radius 2 is 2.25 bits per heavy atom. The number of hydrogen-bond donors (Lipinski definition) is 1. The van der Waals surface area contributed by atoms with Crippen molar-refractivity contribution in [2.24, 2.45) is 0 Å². The lowest BCUT2D eigenvalue weighted by Crippen LogP contribution is -2.36. The number of rotatable bonds is 9. The molecule has 1 saturated carbocycles. The van der Waals surface area contributed by atoms with E-state index in [0.717, 1.165) is 30.5 Å². The zero-order valence-electron chi connectivity index (χ0n) is 12.4. The van der Waals surface area contributed by atoms with Gasteiger partial charge in [0.2, 0.25) is 5.16 Å². The second-order valence-electron chi connectivity index (χ2n) is 5.26. The fraction of sp³-hybridized carbons (Fsp3) is 0.923. The molecule has 6 nitrogen and oxygen atoms in total. The van der Waals surface area contributed by atoms with E-state index < -0.39 is 0 Å². The van der Waals surface area contributed by atoms with Gasteiger partial charge < -0.3 is 10.1 Å². The van der Waals surface area contributed by atoms with Crippen molar-refractivity contribution >= 4 is 11.8 Å². The van der Waals surface area contributed by atoms with E-state index in [4.69, 9.17) is 4.74 Å². The van der Waals surface area contributed by atoms with Crippen molar-refractivity contribution in [1.82, 2.24) is 25.5 Å². The lowest BCUT2D eigenvalue weighted by Gasteiger charge is -2.17. The molecule has 1 N–H and O–H groups in total. The highest BCUT2D eigenvalue weighted by molar-refractivity contribution is 7.99. The molecule has 0 saturated heterocycles. The largest absolute Gasteiger partial charge is 0.383 e. The Labute approximate surface area is 125 Å². The van der Waals surface area contributed by atoms with Crippen molar-refractivity contribution in [3.63, 3.8) is 0 Å². The maximum atomic E-state index is 5.27. The van der Waals surface area contributed by atoms with Crippen LogP contribution in [0, 0.1) is 0 Å². The number of nitrogens with one attached hydrogen (secondary N) is 1. The second-order valence-corrected chi connectivity index (χ2v) is 6.25. The van der Waals surface area contributed by atoms with Crippen LogP contribution in [-0.4, -0.2) is 52.3 Å². The summed E-state index contributed by atoms with van der Waals surface area (Å²) in [6, 6.07) is 0.843. The smallest absolute Gasteiger partial charge is 0.209 e. The summed E-state index contributed by atoms with van der Waals surface area (Å²) in [5, 5.41) is 16.6. The summed E-state index contributed by atoms with van der Waals surface area (Å²) in [6.07, 6.45) is 6.12. The molecular formula is C13H25N5OS. The molecule has 20 heavy (non-hydrogen) atoms. The highest BCUT2D eigenvalue weighted by Gasteiger charge is 2.22. The standard InChI is InChI=1S/C13H25N5OS/c1-3-8-14-11(9-19-2)10-20-13-15-16-17-18(13)12-6-4-5-7-12/h11-12,14H,3-10H2,1-2H3. The second kappa shape index (κ2) is 8.59. The molecule has 1 fully saturated rings. The highest BCUT2D eigenvalue weighted by Crippen LogP contribution is 2.31. The third kappa shape index (κ3) is 4.43. The minimum atomic E-state index is 0.346. The number of nitrogens with zero attached hydrogens (tertiary/aromatic N) is 4. The summed E-state index contributed by atoms with van der Waals surface area (Å²) in [5.41, 5.74) is 0. The third-order valence-electron chi connectivity index (χ3n) is 3.60. The van der Waals surface area contributed by atoms with Gasteiger partial charge in [-0.15, -0.1) is 5.10 Å². The van der Waals surface area contributed by atoms with Gasteiger partial charge >= 0.3 is 0 Å². The number of aromatic nitrogens is 4. The molecule has 114 valence electrons. The van der Waals surface area contributed by atoms with Gasteiger partial charge in [0.1, 0.15) is 0 Å². The Morgan fingerprint density at radius 3 is 2.95 bits per heavy atom. The van der Waals surface area contributed by atoms with E-state index in [9.17, 15) is 0 Å².